The van der Waals surface area contributed by atoms with E-state index in [4.69, 9.17) is 10.2 Å². The molecule has 1 unspecified atom stereocenters. The topological polar surface area (TPSA) is 81.1 Å². The molecule has 2 rings (SSSR count). The van der Waals surface area contributed by atoms with Crippen LogP contribution in [0.1, 0.15) is 26.2 Å². The lowest BCUT2D eigenvalue weighted by Crippen LogP contribution is -2.26. The maximum absolute atomic E-state index is 10.3. The highest BCUT2D eigenvalue weighted by molar-refractivity contribution is 5.65. The molecule has 1 atom stereocenters. The van der Waals surface area contributed by atoms with Crippen LogP contribution in [0.25, 0.3) is 0 Å². The molecule has 2 aliphatic rings. The normalized spacial score (nSPS) is 23.2. The van der Waals surface area contributed by atoms with Crippen LogP contribution in [0.15, 0.2) is 0 Å². The van der Waals surface area contributed by atoms with Crippen LogP contribution in [0.4, 0.5) is 9.59 Å². The van der Waals surface area contributed by atoms with E-state index < -0.39 is 12.2 Å². The summed E-state index contributed by atoms with van der Waals surface area (Å²) in [6.07, 6.45) is 1.53. The molecule has 2 fully saturated rings. The van der Waals surface area contributed by atoms with E-state index in [2.05, 4.69) is 6.92 Å². The summed E-state index contributed by atoms with van der Waals surface area (Å²) in [7, 11) is 0. The van der Waals surface area contributed by atoms with Gasteiger partial charge in [-0.3, -0.25) is 0 Å². The van der Waals surface area contributed by atoms with Crippen molar-refractivity contribution in [2.75, 3.05) is 26.2 Å². The van der Waals surface area contributed by atoms with Gasteiger partial charge < -0.3 is 20.0 Å². The smallest absolute Gasteiger partial charge is 0.407 e. The Hall–Kier alpha value is -1.46. The SMILES string of the molecule is CC1CCN(C(=O)O)C1.O=C(O)N1CCCC1. The van der Waals surface area contributed by atoms with Gasteiger partial charge in [-0.25, -0.2) is 9.59 Å². The van der Waals surface area contributed by atoms with Crippen molar-refractivity contribution in [1.82, 2.24) is 9.80 Å². The summed E-state index contributed by atoms with van der Waals surface area (Å²) in [6.45, 7) is 4.97. The van der Waals surface area contributed by atoms with E-state index in [0.717, 1.165) is 45.4 Å². The van der Waals surface area contributed by atoms with Crippen molar-refractivity contribution in [3.05, 3.63) is 0 Å². The molecule has 6 heteroatoms. The van der Waals surface area contributed by atoms with Crippen molar-refractivity contribution in [3.63, 3.8) is 0 Å². The predicted molar refractivity (Wildman–Crippen MR) is 62.2 cm³/mol. The van der Waals surface area contributed by atoms with E-state index in [-0.39, 0.29) is 0 Å². The lowest BCUT2D eigenvalue weighted by atomic mass is 10.2. The van der Waals surface area contributed by atoms with Gasteiger partial charge in [-0.15, -0.1) is 0 Å². The fraction of sp³-hybridized carbons (Fsp3) is 0.818. The molecule has 0 aromatic rings. The molecule has 0 aliphatic carbocycles. The van der Waals surface area contributed by atoms with Crippen LogP contribution in [0.2, 0.25) is 0 Å². The fourth-order valence-corrected chi connectivity index (χ4v) is 2.02. The monoisotopic (exact) mass is 244 g/mol. The number of nitrogens with zero attached hydrogens (tertiary/aromatic N) is 2. The van der Waals surface area contributed by atoms with Crippen molar-refractivity contribution >= 4 is 12.2 Å². The molecular weight excluding hydrogens is 224 g/mol. The first-order valence-corrected chi connectivity index (χ1v) is 5.96. The van der Waals surface area contributed by atoms with Crippen LogP contribution < -0.4 is 0 Å². The average Bonchev–Trinajstić information content (AvgIpc) is 2.87. The quantitative estimate of drug-likeness (QED) is 0.680. The third kappa shape index (κ3) is 4.50. The van der Waals surface area contributed by atoms with Crippen molar-refractivity contribution in [1.29, 1.82) is 0 Å². The van der Waals surface area contributed by atoms with Crippen molar-refractivity contribution in [3.8, 4) is 0 Å². The molecule has 0 spiro atoms. The number of likely N-dealkylation sites (tertiary alicyclic amines) is 2. The van der Waals surface area contributed by atoms with E-state index in [1.807, 2.05) is 0 Å². The molecule has 0 aromatic heterocycles. The Morgan fingerprint density at radius 1 is 1.00 bits per heavy atom. The molecule has 0 aromatic carbocycles. The molecule has 0 saturated carbocycles. The molecule has 2 saturated heterocycles. The van der Waals surface area contributed by atoms with Crippen molar-refractivity contribution < 1.29 is 19.8 Å². The van der Waals surface area contributed by atoms with E-state index in [9.17, 15) is 9.59 Å². The van der Waals surface area contributed by atoms with Gasteiger partial charge in [0.05, 0.1) is 0 Å². The number of hydrogen-bond donors (Lipinski definition) is 2. The van der Waals surface area contributed by atoms with E-state index >= 15 is 0 Å². The maximum Gasteiger partial charge on any atom is 0.407 e. The predicted octanol–water partition coefficient (Wildman–Crippen LogP) is 1.77. The van der Waals surface area contributed by atoms with Crippen LogP contribution in [0, 0.1) is 5.92 Å². The molecular formula is C11H20N2O4. The molecule has 98 valence electrons. The van der Waals surface area contributed by atoms with Crippen molar-refractivity contribution in [2.24, 2.45) is 5.92 Å². The third-order valence-electron chi connectivity index (χ3n) is 3.07. The summed E-state index contributed by atoms with van der Waals surface area (Å²) in [5.74, 6) is 0.557. The van der Waals surface area contributed by atoms with Gasteiger partial charge in [-0.2, -0.15) is 0 Å². The van der Waals surface area contributed by atoms with E-state index in [1.165, 1.54) is 9.80 Å². The lowest BCUT2D eigenvalue weighted by molar-refractivity contribution is 0.154. The van der Waals surface area contributed by atoms with Gasteiger partial charge in [0.25, 0.3) is 0 Å². The molecule has 0 radical (unpaired) electrons. The number of carboxylic acid groups (broad SMARTS) is 2. The van der Waals surface area contributed by atoms with E-state index in [1.54, 1.807) is 0 Å². The molecule has 17 heavy (non-hydrogen) atoms. The van der Waals surface area contributed by atoms with Crippen LogP contribution >= 0.6 is 0 Å². The lowest BCUT2D eigenvalue weighted by Gasteiger charge is -2.08. The Bertz CT molecular complexity index is 277. The summed E-state index contributed by atoms with van der Waals surface area (Å²) >= 11 is 0. The highest BCUT2D eigenvalue weighted by Gasteiger charge is 2.21. The minimum absolute atomic E-state index is 0.557. The third-order valence-corrected chi connectivity index (χ3v) is 3.07. The number of amides is 2. The Labute approximate surface area is 101 Å². The molecule has 6 nitrogen and oxygen atoms in total. The van der Waals surface area contributed by atoms with Crippen molar-refractivity contribution in [2.45, 2.75) is 26.2 Å². The Balaban J connectivity index is 0.000000171. The Kier molecular flexibility index (Phi) is 5.06. The van der Waals surface area contributed by atoms with Crippen LogP contribution in [0.5, 0.6) is 0 Å². The van der Waals surface area contributed by atoms with Gasteiger partial charge in [-0.1, -0.05) is 6.92 Å². The maximum atomic E-state index is 10.3. The summed E-state index contributed by atoms with van der Waals surface area (Å²) in [6, 6.07) is 0. The minimum atomic E-state index is -0.778. The summed E-state index contributed by atoms with van der Waals surface area (Å²) < 4.78 is 0. The standard InChI is InChI=1S/C6H11NO2.C5H9NO2/c1-5-2-3-7(4-5)6(8)9;7-5(8)6-3-1-2-4-6/h5H,2-4H2,1H3,(H,8,9);1-4H2,(H,7,8). The van der Waals surface area contributed by atoms with Gasteiger partial charge in [0.15, 0.2) is 0 Å². The number of hydrogen-bond acceptors (Lipinski definition) is 2. The average molecular weight is 244 g/mol. The molecule has 2 N–H and O–H groups in total. The molecule has 2 aliphatic heterocycles. The number of carbonyl (C=O) groups is 2. The largest absolute Gasteiger partial charge is 0.465 e. The van der Waals surface area contributed by atoms with Gasteiger partial charge >= 0.3 is 12.2 Å². The zero-order valence-electron chi connectivity index (χ0n) is 10.1. The van der Waals surface area contributed by atoms with Gasteiger partial charge in [-0.05, 0) is 25.2 Å². The zero-order valence-corrected chi connectivity index (χ0v) is 10.1. The second-order valence-electron chi connectivity index (χ2n) is 4.60. The second kappa shape index (κ2) is 6.32. The molecule has 2 heterocycles. The number of rotatable bonds is 0. The first-order chi connectivity index (χ1) is 8.00. The highest BCUT2D eigenvalue weighted by Crippen LogP contribution is 2.14. The van der Waals surface area contributed by atoms with Crippen LogP contribution in [0.3, 0.4) is 0 Å². The summed E-state index contributed by atoms with van der Waals surface area (Å²) in [4.78, 5) is 23.3. The fourth-order valence-electron chi connectivity index (χ4n) is 2.02. The minimum Gasteiger partial charge on any atom is -0.465 e. The molecule has 0 bridgehead atoms. The first kappa shape index (κ1) is 13.6. The first-order valence-electron chi connectivity index (χ1n) is 5.96. The Morgan fingerprint density at radius 3 is 1.76 bits per heavy atom. The van der Waals surface area contributed by atoms with Gasteiger partial charge in [0, 0.05) is 26.2 Å². The zero-order chi connectivity index (χ0) is 12.8. The summed E-state index contributed by atoms with van der Waals surface area (Å²) in [5, 5.41) is 16.8. The van der Waals surface area contributed by atoms with Crippen LogP contribution in [-0.2, 0) is 0 Å². The van der Waals surface area contributed by atoms with Gasteiger partial charge in [0.2, 0.25) is 0 Å². The Morgan fingerprint density at radius 2 is 1.53 bits per heavy atom. The van der Waals surface area contributed by atoms with E-state index in [0.29, 0.717) is 5.92 Å². The second-order valence-corrected chi connectivity index (χ2v) is 4.60. The van der Waals surface area contributed by atoms with Crippen LogP contribution in [-0.4, -0.2) is 58.4 Å². The summed E-state index contributed by atoms with van der Waals surface area (Å²) in [5.41, 5.74) is 0. The highest BCUT2D eigenvalue weighted by atomic mass is 16.4. The van der Waals surface area contributed by atoms with Gasteiger partial charge in [0.1, 0.15) is 0 Å². The molecule has 2 amide bonds.